The molecule has 0 heterocycles. The van der Waals surface area contributed by atoms with Crippen LogP contribution in [0.3, 0.4) is 0 Å². The molecule has 0 spiro atoms. The van der Waals surface area contributed by atoms with Crippen LogP contribution in [0.15, 0.2) is 24.3 Å². The molecule has 1 aromatic rings. The van der Waals surface area contributed by atoms with Gasteiger partial charge in [0.05, 0.1) is 7.11 Å². The third-order valence-electron chi connectivity index (χ3n) is 4.19. The van der Waals surface area contributed by atoms with Crippen molar-refractivity contribution in [2.75, 3.05) is 7.11 Å². The fraction of sp³-hybridized carbons (Fsp3) is 0.647. The van der Waals surface area contributed by atoms with Crippen LogP contribution in [0, 0.1) is 10.8 Å². The Morgan fingerprint density at radius 3 is 2.00 bits per heavy atom. The highest BCUT2D eigenvalue weighted by Gasteiger charge is 2.47. The van der Waals surface area contributed by atoms with Gasteiger partial charge in [0.1, 0.15) is 5.75 Å². The molecule has 1 aromatic carbocycles. The van der Waals surface area contributed by atoms with Gasteiger partial charge in [0, 0.05) is 11.1 Å². The topological polar surface area (TPSA) is 35.2 Å². The van der Waals surface area contributed by atoms with Crippen LogP contribution in [0.25, 0.3) is 0 Å². The number of ether oxygens (including phenoxy) is 1. The Bertz CT molecular complexity index is 446. The van der Waals surface area contributed by atoms with Gasteiger partial charge in [-0.25, -0.2) is 0 Å². The molecule has 1 saturated carbocycles. The predicted molar refractivity (Wildman–Crippen MR) is 80.3 cm³/mol. The van der Waals surface area contributed by atoms with Crippen molar-refractivity contribution < 1.29 is 4.74 Å². The zero-order chi connectivity index (χ0) is 14.3. The van der Waals surface area contributed by atoms with Crippen LogP contribution in [-0.4, -0.2) is 7.11 Å². The monoisotopic (exact) mass is 261 g/mol. The zero-order valence-corrected chi connectivity index (χ0v) is 12.9. The summed E-state index contributed by atoms with van der Waals surface area (Å²) in [6, 6.07) is 8.20. The first-order chi connectivity index (χ1) is 8.68. The van der Waals surface area contributed by atoms with E-state index in [1.54, 1.807) is 7.11 Å². The van der Waals surface area contributed by atoms with Gasteiger partial charge in [-0.05, 0) is 36.2 Å². The zero-order valence-electron chi connectivity index (χ0n) is 12.9. The molecule has 2 nitrogen and oxygen atoms in total. The summed E-state index contributed by atoms with van der Waals surface area (Å²) in [5.74, 6) is 0.915. The number of hydrogen-bond acceptors (Lipinski definition) is 2. The number of methoxy groups -OCH3 is 1. The average Bonchev–Trinajstić information content (AvgIpc) is 2.24. The SMILES string of the molecule is COc1ccccc1C1(N)CC(C)(C)CC(C)(C)C1. The summed E-state index contributed by atoms with van der Waals surface area (Å²) in [5, 5.41) is 0. The van der Waals surface area contributed by atoms with Crippen LogP contribution in [-0.2, 0) is 5.54 Å². The van der Waals surface area contributed by atoms with Gasteiger partial charge in [-0.1, -0.05) is 45.9 Å². The van der Waals surface area contributed by atoms with Crippen LogP contribution in [0.4, 0.5) is 0 Å². The van der Waals surface area contributed by atoms with Gasteiger partial charge in [0.15, 0.2) is 0 Å². The standard InChI is InChI=1S/C17H27NO/c1-15(2)10-16(3,4)12-17(18,11-15)13-8-6-7-9-14(13)19-5/h6-9H,10-12,18H2,1-5H3. The first kappa shape index (κ1) is 14.4. The van der Waals surface area contributed by atoms with Crippen molar-refractivity contribution in [3.8, 4) is 5.75 Å². The van der Waals surface area contributed by atoms with E-state index < -0.39 is 0 Å². The molecule has 2 N–H and O–H groups in total. The van der Waals surface area contributed by atoms with E-state index in [1.165, 1.54) is 6.42 Å². The minimum absolute atomic E-state index is 0.261. The Morgan fingerprint density at radius 1 is 0.947 bits per heavy atom. The molecule has 1 aliphatic rings. The highest BCUT2D eigenvalue weighted by molar-refractivity contribution is 5.40. The molecule has 0 aromatic heterocycles. The Balaban J connectivity index is 2.46. The normalized spacial score (nSPS) is 23.9. The summed E-state index contributed by atoms with van der Waals surface area (Å²) in [6.45, 7) is 9.30. The summed E-state index contributed by atoms with van der Waals surface area (Å²) in [7, 11) is 1.72. The first-order valence-corrected chi connectivity index (χ1v) is 7.10. The minimum atomic E-state index is -0.294. The summed E-state index contributed by atoms with van der Waals surface area (Å²) < 4.78 is 5.52. The van der Waals surface area contributed by atoms with Crippen LogP contribution in [0.1, 0.15) is 52.5 Å². The smallest absolute Gasteiger partial charge is 0.123 e. The second-order valence-electron chi connectivity index (χ2n) is 7.72. The van der Waals surface area contributed by atoms with E-state index >= 15 is 0 Å². The van der Waals surface area contributed by atoms with Crippen molar-refractivity contribution in [2.45, 2.75) is 52.5 Å². The van der Waals surface area contributed by atoms with Crippen LogP contribution in [0.5, 0.6) is 5.75 Å². The average molecular weight is 261 g/mol. The van der Waals surface area contributed by atoms with Gasteiger partial charge in [-0.3, -0.25) is 0 Å². The van der Waals surface area contributed by atoms with Crippen molar-refractivity contribution in [3.05, 3.63) is 29.8 Å². The maximum absolute atomic E-state index is 6.83. The van der Waals surface area contributed by atoms with Gasteiger partial charge in [0.2, 0.25) is 0 Å². The summed E-state index contributed by atoms with van der Waals surface area (Å²) >= 11 is 0. The molecule has 0 radical (unpaired) electrons. The lowest BCUT2D eigenvalue weighted by atomic mass is 9.57. The minimum Gasteiger partial charge on any atom is -0.496 e. The molecule has 0 atom stereocenters. The van der Waals surface area contributed by atoms with E-state index in [4.69, 9.17) is 10.5 Å². The predicted octanol–water partition coefficient (Wildman–Crippen LogP) is 4.09. The molecule has 1 fully saturated rings. The fourth-order valence-corrected chi connectivity index (χ4v) is 4.44. The molecular formula is C17H27NO. The van der Waals surface area contributed by atoms with Gasteiger partial charge in [-0.15, -0.1) is 0 Å². The van der Waals surface area contributed by atoms with Crippen LogP contribution in [0.2, 0.25) is 0 Å². The highest BCUT2D eigenvalue weighted by Crippen LogP contribution is 2.53. The number of benzene rings is 1. The molecule has 19 heavy (non-hydrogen) atoms. The first-order valence-electron chi connectivity index (χ1n) is 7.10. The van der Waals surface area contributed by atoms with Gasteiger partial charge in [0.25, 0.3) is 0 Å². The van der Waals surface area contributed by atoms with Crippen molar-refractivity contribution in [3.63, 3.8) is 0 Å². The molecule has 0 aliphatic heterocycles. The molecule has 106 valence electrons. The van der Waals surface area contributed by atoms with Gasteiger partial charge >= 0.3 is 0 Å². The van der Waals surface area contributed by atoms with E-state index in [1.807, 2.05) is 12.1 Å². The third-order valence-corrected chi connectivity index (χ3v) is 4.19. The van der Waals surface area contributed by atoms with E-state index in [-0.39, 0.29) is 16.4 Å². The summed E-state index contributed by atoms with van der Waals surface area (Å²) in [6.07, 6.45) is 3.22. The van der Waals surface area contributed by atoms with E-state index in [9.17, 15) is 0 Å². The summed E-state index contributed by atoms with van der Waals surface area (Å²) in [5.41, 5.74) is 8.21. The van der Waals surface area contributed by atoms with Crippen LogP contribution < -0.4 is 10.5 Å². The maximum atomic E-state index is 6.83. The van der Waals surface area contributed by atoms with Crippen molar-refractivity contribution in [2.24, 2.45) is 16.6 Å². The van der Waals surface area contributed by atoms with Crippen molar-refractivity contribution in [1.82, 2.24) is 0 Å². The van der Waals surface area contributed by atoms with E-state index in [0.29, 0.717) is 0 Å². The van der Waals surface area contributed by atoms with Gasteiger partial charge < -0.3 is 10.5 Å². The number of rotatable bonds is 2. The molecule has 0 bridgehead atoms. The van der Waals surface area contributed by atoms with Crippen molar-refractivity contribution in [1.29, 1.82) is 0 Å². The number of hydrogen-bond donors (Lipinski definition) is 1. The quantitative estimate of drug-likeness (QED) is 0.870. The largest absolute Gasteiger partial charge is 0.496 e. The Morgan fingerprint density at radius 2 is 1.47 bits per heavy atom. The molecular weight excluding hydrogens is 234 g/mol. The number of para-hydroxylation sites is 1. The fourth-order valence-electron chi connectivity index (χ4n) is 4.44. The molecule has 0 unspecified atom stereocenters. The second kappa shape index (κ2) is 4.52. The lowest BCUT2D eigenvalue weighted by molar-refractivity contribution is 0.0459. The molecule has 2 rings (SSSR count). The van der Waals surface area contributed by atoms with Crippen LogP contribution >= 0.6 is 0 Å². The van der Waals surface area contributed by atoms with E-state index in [2.05, 4.69) is 39.8 Å². The number of nitrogens with two attached hydrogens (primary N) is 1. The second-order valence-corrected chi connectivity index (χ2v) is 7.72. The van der Waals surface area contributed by atoms with Crippen molar-refractivity contribution >= 4 is 0 Å². The van der Waals surface area contributed by atoms with E-state index in [0.717, 1.165) is 24.2 Å². The maximum Gasteiger partial charge on any atom is 0.123 e. The Kier molecular flexibility index (Phi) is 3.42. The summed E-state index contributed by atoms with van der Waals surface area (Å²) in [4.78, 5) is 0. The lowest BCUT2D eigenvalue weighted by Gasteiger charge is -2.50. The highest BCUT2D eigenvalue weighted by atomic mass is 16.5. The Hall–Kier alpha value is -1.02. The lowest BCUT2D eigenvalue weighted by Crippen LogP contribution is -2.50. The molecule has 0 amide bonds. The third kappa shape index (κ3) is 2.94. The molecule has 2 heteroatoms. The van der Waals surface area contributed by atoms with Gasteiger partial charge in [-0.2, -0.15) is 0 Å². The Labute approximate surface area is 117 Å². The molecule has 1 aliphatic carbocycles. The molecule has 0 saturated heterocycles.